The average molecular weight is 176 g/mol. The van der Waals surface area contributed by atoms with Crippen LogP contribution in [0.15, 0.2) is 0 Å². The molecule has 0 aromatic carbocycles. The van der Waals surface area contributed by atoms with Gasteiger partial charge in [0, 0.05) is 27.1 Å². The summed E-state index contributed by atoms with van der Waals surface area (Å²) in [6, 6.07) is 0. The molecule has 70 valence electrons. The number of hydrogen-bond donors (Lipinski definition) is 0. The molecule has 1 rings (SSSR count). The summed E-state index contributed by atoms with van der Waals surface area (Å²) in [6.45, 7) is 0. The van der Waals surface area contributed by atoms with Crippen LogP contribution in [0.1, 0.15) is 12.8 Å². The maximum atomic E-state index is 10.8. The topological polar surface area (TPSA) is 54.0 Å². The normalized spacial score (nSPS) is 30.3. The molecule has 0 bridgehead atoms. The van der Waals surface area contributed by atoms with E-state index in [1.165, 1.54) is 14.2 Å². The Morgan fingerprint density at radius 1 is 1.17 bits per heavy atom. The molecule has 1 heterocycles. The van der Waals surface area contributed by atoms with Crippen LogP contribution in [0, 0.1) is 0 Å². The highest BCUT2D eigenvalue weighted by molar-refractivity contribution is 5.60. The number of hydrogen-bond acceptors (Lipinski definition) is 5. The molecule has 0 aliphatic carbocycles. The maximum absolute atomic E-state index is 10.8. The summed E-state index contributed by atoms with van der Waals surface area (Å²) in [5.74, 6) is 0. The zero-order valence-electron chi connectivity index (χ0n) is 7.11. The maximum Gasteiger partial charge on any atom is 0.512 e. The third-order valence-corrected chi connectivity index (χ3v) is 1.62. The van der Waals surface area contributed by atoms with Gasteiger partial charge in [-0.05, 0) is 0 Å². The zero-order valence-corrected chi connectivity index (χ0v) is 7.11. The van der Waals surface area contributed by atoms with Crippen molar-refractivity contribution >= 4 is 6.16 Å². The summed E-state index contributed by atoms with van der Waals surface area (Å²) in [6.07, 6.45) is -0.608. The number of carbonyl (C=O) groups is 1. The monoisotopic (exact) mass is 176 g/mol. The number of methoxy groups -OCH3 is 2. The fraction of sp³-hybridized carbons (Fsp3) is 0.857. The number of rotatable bonds is 2. The first-order valence-corrected chi connectivity index (χ1v) is 3.69. The van der Waals surface area contributed by atoms with Gasteiger partial charge in [-0.15, -0.1) is 0 Å². The van der Waals surface area contributed by atoms with E-state index in [9.17, 15) is 4.79 Å². The van der Waals surface area contributed by atoms with Crippen molar-refractivity contribution in [3.63, 3.8) is 0 Å². The average Bonchev–Trinajstić information content (AvgIpc) is 2.26. The summed E-state index contributed by atoms with van der Waals surface area (Å²) in [5.41, 5.74) is 0. The molecule has 1 aliphatic rings. The predicted molar refractivity (Wildman–Crippen MR) is 38.4 cm³/mol. The molecule has 2 unspecified atom stereocenters. The number of cyclic esters (lactones) is 2. The Morgan fingerprint density at radius 2 is 1.58 bits per heavy atom. The molecule has 5 heteroatoms. The van der Waals surface area contributed by atoms with Crippen molar-refractivity contribution in [2.24, 2.45) is 0 Å². The molecule has 1 fully saturated rings. The summed E-state index contributed by atoms with van der Waals surface area (Å²) in [4.78, 5) is 10.8. The van der Waals surface area contributed by atoms with Gasteiger partial charge in [0.1, 0.15) is 0 Å². The minimum absolute atomic E-state index is 0.516. The van der Waals surface area contributed by atoms with Crippen molar-refractivity contribution in [2.75, 3.05) is 14.2 Å². The smallest absolute Gasteiger partial charge is 0.404 e. The second kappa shape index (κ2) is 4.27. The highest BCUT2D eigenvalue weighted by atomic mass is 16.8. The van der Waals surface area contributed by atoms with Crippen molar-refractivity contribution in [3.05, 3.63) is 0 Å². The van der Waals surface area contributed by atoms with Gasteiger partial charge in [-0.1, -0.05) is 0 Å². The van der Waals surface area contributed by atoms with Crippen LogP contribution in [0.2, 0.25) is 0 Å². The van der Waals surface area contributed by atoms with Crippen LogP contribution >= 0.6 is 0 Å². The van der Waals surface area contributed by atoms with Crippen molar-refractivity contribution < 1.29 is 23.7 Å². The van der Waals surface area contributed by atoms with E-state index >= 15 is 0 Å². The molecule has 0 aromatic rings. The Hall–Kier alpha value is -0.810. The third-order valence-electron chi connectivity index (χ3n) is 1.62. The fourth-order valence-corrected chi connectivity index (χ4v) is 0.964. The van der Waals surface area contributed by atoms with Crippen LogP contribution in [0.4, 0.5) is 4.79 Å². The minimum atomic E-state index is -0.744. The van der Waals surface area contributed by atoms with Gasteiger partial charge in [0.25, 0.3) is 0 Å². The van der Waals surface area contributed by atoms with E-state index in [0.29, 0.717) is 12.8 Å². The van der Waals surface area contributed by atoms with E-state index in [1.54, 1.807) is 0 Å². The molecule has 0 radical (unpaired) electrons. The van der Waals surface area contributed by atoms with E-state index in [0.717, 1.165) is 0 Å². The fourth-order valence-electron chi connectivity index (χ4n) is 0.964. The molecule has 0 N–H and O–H groups in total. The highest BCUT2D eigenvalue weighted by Gasteiger charge is 2.25. The molecule has 12 heavy (non-hydrogen) atoms. The van der Waals surface area contributed by atoms with Crippen LogP contribution in [0.25, 0.3) is 0 Å². The van der Waals surface area contributed by atoms with Crippen LogP contribution in [0.5, 0.6) is 0 Å². The summed E-state index contributed by atoms with van der Waals surface area (Å²) < 4.78 is 19.2. The lowest BCUT2D eigenvalue weighted by molar-refractivity contribution is -0.114. The molecule has 2 atom stereocenters. The first-order chi connectivity index (χ1) is 5.76. The van der Waals surface area contributed by atoms with Gasteiger partial charge in [0.15, 0.2) is 0 Å². The number of ether oxygens (including phenoxy) is 4. The van der Waals surface area contributed by atoms with Crippen LogP contribution in [-0.4, -0.2) is 33.0 Å². The largest absolute Gasteiger partial charge is 0.512 e. The van der Waals surface area contributed by atoms with Gasteiger partial charge in [-0.3, -0.25) is 0 Å². The Labute approximate surface area is 70.5 Å². The van der Waals surface area contributed by atoms with E-state index < -0.39 is 18.7 Å². The van der Waals surface area contributed by atoms with Crippen LogP contribution in [0.3, 0.4) is 0 Å². The van der Waals surface area contributed by atoms with Crippen molar-refractivity contribution in [2.45, 2.75) is 25.4 Å². The standard InChI is InChI=1S/C7H12O5/c1-9-5-3-4-6(10-2)12-7(8)11-5/h5-6H,3-4H2,1-2H3. The SMILES string of the molecule is COC1CCC(OC)OC(=O)O1. The van der Waals surface area contributed by atoms with Gasteiger partial charge < -0.3 is 18.9 Å². The Bertz CT molecular complexity index is 142. The molecule has 0 amide bonds. The van der Waals surface area contributed by atoms with E-state index in [-0.39, 0.29) is 0 Å². The highest BCUT2D eigenvalue weighted by Crippen LogP contribution is 2.15. The van der Waals surface area contributed by atoms with Crippen LogP contribution < -0.4 is 0 Å². The molecule has 0 saturated carbocycles. The Morgan fingerprint density at radius 3 is 1.92 bits per heavy atom. The Kier molecular flexibility index (Phi) is 3.31. The number of carbonyl (C=O) groups excluding carboxylic acids is 1. The van der Waals surface area contributed by atoms with Gasteiger partial charge >= 0.3 is 6.16 Å². The van der Waals surface area contributed by atoms with Gasteiger partial charge in [0.05, 0.1) is 0 Å². The van der Waals surface area contributed by atoms with E-state index in [1.807, 2.05) is 0 Å². The van der Waals surface area contributed by atoms with Crippen molar-refractivity contribution in [3.8, 4) is 0 Å². The van der Waals surface area contributed by atoms with Crippen molar-refractivity contribution in [1.82, 2.24) is 0 Å². The third kappa shape index (κ3) is 2.35. The lowest BCUT2D eigenvalue weighted by Crippen LogP contribution is -2.18. The first kappa shape index (κ1) is 9.28. The Balaban J connectivity index is 2.46. The molecular formula is C7H12O5. The van der Waals surface area contributed by atoms with Gasteiger partial charge in [-0.2, -0.15) is 0 Å². The van der Waals surface area contributed by atoms with Crippen molar-refractivity contribution in [1.29, 1.82) is 0 Å². The lowest BCUT2D eigenvalue weighted by Gasteiger charge is -2.09. The molecule has 1 saturated heterocycles. The molecule has 0 aromatic heterocycles. The zero-order chi connectivity index (χ0) is 8.97. The summed E-state index contributed by atoms with van der Waals surface area (Å²) in [7, 11) is 2.95. The summed E-state index contributed by atoms with van der Waals surface area (Å²) >= 11 is 0. The molecular weight excluding hydrogens is 164 g/mol. The van der Waals surface area contributed by atoms with Gasteiger partial charge in [-0.25, -0.2) is 4.79 Å². The van der Waals surface area contributed by atoms with E-state index in [2.05, 4.69) is 0 Å². The first-order valence-electron chi connectivity index (χ1n) is 3.69. The second-order valence-corrected chi connectivity index (χ2v) is 2.39. The van der Waals surface area contributed by atoms with E-state index in [4.69, 9.17) is 18.9 Å². The molecule has 5 nitrogen and oxygen atoms in total. The van der Waals surface area contributed by atoms with Crippen LogP contribution in [-0.2, 0) is 18.9 Å². The minimum Gasteiger partial charge on any atom is -0.404 e. The summed E-state index contributed by atoms with van der Waals surface area (Å²) in [5, 5.41) is 0. The second-order valence-electron chi connectivity index (χ2n) is 2.39. The predicted octanol–water partition coefficient (Wildman–Crippen LogP) is 0.878. The molecule has 0 spiro atoms. The lowest BCUT2D eigenvalue weighted by atomic mass is 10.3. The van der Waals surface area contributed by atoms with Gasteiger partial charge in [0.2, 0.25) is 12.6 Å². The molecule has 1 aliphatic heterocycles. The quantitative estimate of drug-likeness (QED) is 0.584.